The number of hydrogen-bond donors (Lipinski definition) is 2. The molecule has 4 heterocycles. The first-order valence-corrected chi connectivity index (χ1v) is 38.2. The van der Waals surface area contributed by atoms with Crippen LogP contribution in [-0.2, 0) is 20.2 Å². The lowest BCUT2D eigenvalue weighted by molar-refractivity contribution is 0.0638. The van der Waals surface area contributed by atoms with Gasteiger partial charge in [-0.15, -0.1) is 0 Å². The van der Waals surface area contributed by atoms with Crippen LogP contribution in [0.5, 0.6) is 5.75 Å². The highest BCUT2D eigenvalue weighted by Crippen LogP contribution is 2.47. The Labute approximate surface area is 605 Å². The molecule has 0 spiro atoms. The summed E-state index contributed by atoms with van der Waals surface area (Å²) in [6.07, 6.45) is 9.82. The standard InChI is InChI=1S/C84H78N6O12S2/c1-5-85(57-37-41-65-73(51-57)101-75-53-59(39-43-67(75)79(65)69-31-15-19-35-77(69)103(95,96)97)87(71-33-17-9-25-55(71)3)47-23-49-89-81(91)61-27-11-12-28-62(61)82(89)92)45-21-7-8-22-46-86(6-2)58-38-42-66-74(52-58)102-76-54-60(40-44-68(76)80(66)70-32-16-20-36-78(70)104(98,99)100)88(72-34-18-10-26-56(72)4)48-24-50-90-83(93)63-29-13-14-30-64(63)84(90)94/h9-20,25-44,51-54,75H,5-8,21-24,45-50H2,1-4H3,(H-,95,96,97,98,99,100)/p+1. The van der Waals surface area contributed by atoms with Crippen LogP contribution in [0.1, 0.15) is 116 Å². The normalized spacial score (nSPS) is 14.8. The van der Waals surface area contributed by atoms with E-state index >= 15 is 0 Å². The third kappa shape index (κ3) is 13.7. The fraction of sp³-hybridized carbons (Fsp3) is 0.226. The van der Waals surface area contributed by atoms with Crippen LogP contribution in [0, 0.1) is 13.8 Å². The van der Waals surface area contributed by atoms with Gasteiger partial charge in [-0.25, -0.2) is 4.42 Å². The lowest BCUT2D eigenvalue weighted by Crippen LogP contribution is -2.34. The van der Waals surface area contributed by atoms with Crippen molar-refractivity contribution in [2.24, 2.45) is 0 Å². The Morgan fingerprint density at radius 2 is 0.875 bits per heavy atom. The van der Waals surface area contributed by atoms with Crippen LogP contribution in [0.4, 0.5) is 28.4 Å². The zero-order valence-corrected chi connectivity index (χ0v) is 59.9. The molecule has 0 radical (unpaired) electrons. The second-order valence-electron chi connectivity index (χ2n) is 26.5. The summed E-state index contributed by atoms with van der Waals surface area (Å²) in [6, 6.07) is 60.4. The van der Waals surface area contributed by atoms with E-state index in [-0.39, 0.29) is 46.5 Å². The molecule has 18 nitrogen and oxygen atoms in total. The van der Waals surface area contributed by atoms with E-state index < -0.39 is 26.3 Å². The van der Waals surface area contributed by atoms with Gasteiger partial charge in [-0.1, -0.05) is 116 Å². The molecule has 0 bridgehead atoms. The van der Waals surface area contributed by atoms with Crippen molar-refractivity contribution < 1.29 is 54.3 Å². The number of carbonyl (C=O) groups is 4. The first-order chi connectivity index (χ1) is 50.3. The molecule has 9 aromatic carbocycles. The number of para-hydroxylation sites is 2. The van der Waals surface area contributed by atoms with Gasteiger partial charge in [-0.2, -0.15) is 16.8 Å². The number of carbonyl (C=O) groups excluding carboxylic acids is 4. The molecule has 10 aromatic rings. The number of unbranched alkanes of at least 4 members (excludes halogenated alkanes) is 3. The van der Waals surface area contributed by atoms with Gasteiger partial charge in [0.2, 0.25) is 0 Å². The Morgan fingerprint density at radius 1 is 0.442 bits per heavy atom. The molecule has 2 N–H and O–H groups in total. The van der Waals surface area contributed by atoms with Gasteiger partial charge >= 0.3 is 11.2 Å². The quantitative estimate of drug-likeness (QED) is 0.0161. The molecule has 4 amide bonds. The summed E-state index contributed by atoms with van der Waals surface area (Å²) in [5, 5.41) is 1.28. The molecule has 4 aliphatic rings. The van der Waals surface area contributed by atoms with Crippen molar-refractivity contribution >= 4 is 99.8 Å². The van der Waals surface area contributed by atoms with E-state index in [2.05, 4.69) is 33.4 Å². The molecule has 3 aliphatic heterocycles. The zero-order chi connectivity index (χ0) is 72.6. The second kappa shape index (κ2) is 29.4. The predicted octanol–water partition coefficient (Wildman–Crippen LogP) is 16.6. The molecule has 20 heteroatoms. The van der Waals surface area contributed by atoms with Gasteiger partial charge in [0, 0.05) is 120 Å². The number of imide groups is 2. The summed E-state index contributed by atoms with van der Waals surface area (Å²) >= 11 is 0. The number of fused-ring (bicyclic) bond motifs is 6. The summed E-state index contributed by atoms with van der Waals surface area (Å²) in [7, 11) is -9.35. The van der Waals surface area contributed by atoms with Gasteiger partial charge in [-0.3, -0.25) is 38.1 Å². The molecule has 0 saturated carbocycles. The Kier molecular flexibility index (Phi) is 19.8. The molecule has 1 aromatic heterocycles. The molecule has 1 aliphatic carbocycles. The Bertz CT molecular complexity index is 5370. The van der Waals surface area contributed by atoms with Crippen molar-refractivity contribution in [3.8, 4) is 16.9 Å². The highest BCUT2D eigenvalue weighted by Gasteiger charge is 2.38. The molecule has 0 saturated heterocycles. The van der Waals surface area contributed by atoms with Crippen molar-refractivity contribution in [1.82, 2.24) is 9.80 Å². The molecular formula is C84H79N6O12S2+. The number of anilines is 5. The van der Waals surface area contributed by atoms with Gasteiger partial charge < -0.3 is 24.3 Å². The summed E-state index contributed by atoms with van der Waals surface area (Å²) in [5.41, 5.74) is 13.1. The highest BCUT2D eigenvalue weighted by atomic mass is 32.2. The topological polar surface area (TPSA) is 217 Å². The Hall–Kier alpha value is -11.0. The molecule has 104 heavy (non-hydrogen) atoms. The smallest absolute Gasteiger partial charge is 0.363 e. The average molecular weight is 1430 g/mol. The number of amides is 4. The summed E-state index contributed by atoms with van der Waals surface area (Å²) in [4.78, 5) is 64.7. The van der Waals surface area contributed by atoms with Crippen molar-refractivity contribution in [3.63, 3.8) is 0 Å². The number of rotatable bonds is 27. The summed E-state index contributed by atoms with van der Waals surface area (Å²) in [6.45, 7) is 12.4. The van der Waals surface area contributed by atoms with E-state index in [1.165, 1.54) is 21.9 Å². The minimum Gasteiger partial charge on any atom is -0.481 e. The zero-order valence-electron chi connectivity index (χ0n) is 58.2. The molecule has 1 unspecified atom stereocenters. The Morgan fingerprint density at radius 3 is 1.39 bits per heavy atom. The van der Waals surface area contributed by atoms with Crippen LogP contribution in [0.15, 0.2) is 244 Å². The molecule has 14 rings (SSSR count). The number of hydrogen-bond acceptors (Lipinski definition) is 13. The minimum absolute atomic E-state index is 0.202. The fourth-order valence-corrected chi connectivity index (χ4v) is 16.5. The van der Waals surface area contributed by atoms with E-state index in [9.17, 15) is 45.1 Å². The summed E-state index contributed by atoms with van der Waals surface area (Å²) < 4.78 is 87.8. The van der Waals surface area contributed by atoms with Gasteiger partial charge in [0.1, 0.15) is 21.6 Å². The molecule has 1 atom stereocenters. The predicted molar refractivity (Wildman–Crippen MR) is 408 cm³/mol. The first-order valence-electron chi connectivity index (χ1n) is 35.3. The molecule has 528 valence electrons. The van der Waals surface area contributed by atoms with E-state index in [1.807, 2.05) is 135 Å². The van der Waals surface area contributed by atoms with Crippen molar-refractivity contribution in [1.29, 1.82) is 0 Å². The highest BCUT2D eigenvalue weighted by molar-refractivity contribution is 7.86. The van der Waals surface area contributed by atoms with E-state index in [1.54, 1.807) is 84.9 Å². The van der Waals surface area contributed by atoms with Crippen LogP contribution >= 0.6 is 0 Å². The number of allylic oxidation sites excluding steroid dienone is 1. The first kappa shape index (κ1) is 70.0. The SMILES string of the molecule is CCN(CCCCCCN(CC)c1ccc2c(-c3ccccc3S(=O)(=O)O)c3ccc(N(CCCN4C(=O)c5ccccc5C4=O)c4ccccc4C)cc3[o+]c2c1)c1ccc2c(c1)OC1C=C(N(CCCN3C(=O)c4ccccc4C3=O)c3ccccc3C)C=CC1=C2c1ccccc1S(=O)(=O)O. The maximum absolute atomic E-state index is 13.4. The lowest BCUT2D eigenvalue weighted by atomic mass is 9.85. The van der Waals surface area contributed by atoms with E-state index in [4.69, 9.17) is 9.15 Å². The van der Waals surface area contributed by atoms with Crippen LogP contribution in [0.3, 0.4) is 0 Å². The number of ether oxygens (including phenoxy) is 1. The van der Waals surface area contributed by atoms with Gasteiger partial charge in [0.15, 0.2) is 0 Å². The third-order valence-corrected chi connectivity index (χ3v) is 22.0. The minimum atomic E-state index is -4.68. The van der Waals surface area contributed by atoms with Crippen molar-refractivity contribution in [2.45, 2.75) is 82.1 Å². The third-order valence-electron chi connectivity index (χ3n) is 20.2. The largest absolute Gasteiger partial charge is 0.481 e. The number of benzene rings is 9. The van der Waals surface area contributed by atoms with Gasteiger partial charge in [-0.05, 0) is 162 Å². The van der Waals surface area contributed by atoms with Crippen molar-refractivity contribution in [3.05, 3.63) is 274 Å². The van der Waals surface area contributed by atoms with Crippen LogP contribution in [0.2, 0.25) is 0 Å². The van der Waals surface area contributed by atoms with Crippen LogP contribution in [0.25, 0.3) is 38.6 Å². The van der Waals surface area contributed by atoms with Crippen LogP contribution in [-0.4, -0.2) is 118 Å². The average Bonchev–Trinajstić information content (AvgIpc) is 0.950. The lowest BCUT2D eigenvalue weighted by Gasteiger charge is -2.35. The van der Waals surface area contributed by atoms with E-state index in [0.29, 0.717) is 122 Å². The Balaban J connectivity index is 0.690. The molecule has 0 fully saturated rings. The van der Waals surface area contributed by atoms with E-state index in [0.717, 1.165) is 84.0 Å². The monoisotopic (exact) mass is 1430 g/mol. The fourth-order valence-electron chi connectivity index (χ4n) is 15.1. The van der Waals surface area contributed by atoms with Crippen molar-refractivity contribution in [2.75, 3.05) is 72.0 Å². The van der Waals surface area contributed by atoms with Crippen LogP contribution < -0.4 is 24.3 Å². The maximum Gasteiger partial charge on any atom is 0.363 e. The second-order valence-corrected chi connectivity index (χ2v) is 29.3. The maximum atomic E-state index is 13.4. The molecular weight excluding hydrogens is 1350 g/mol. The summed E-state index contributed by atoms with van der Waals surface area (Å²) in [5.74, 6) is -0.699. The van der Waals surface area contributed by atoms with Gasteiger partial charge in [0.25, 0.3) is 43.9 Å². The number of aryl methyl sites for hydroxylation is 2. The number of nitrogens with zero attached hydrogens (tertiary/aromatic N) is 6. The van der Waals surface area contributed by atoms with Gasteiger partial charge in [0.05, 0.1) is 50.8 Å².